The summed E-state index contributed by atoms with van der Waals surface area (Å²) in [6, 6.07) is 6.12. The van der Waals surface area contributed by atoms with Crippen LogP contribution in [0.2, 0.25) is 0 Å². The highest BCUT2D eigenvalue weighted by atomic mass is 127. The van der Waals surface area contributed by atoms with E-state index >= 15 is 0 Å². The molecule has 0 aromatic heterocycles. The van der Waals surface area contributed by atoms with Crippen molar-refractivity contribution < 1.29 is 4.79 Å². The van der Waals surface area contributed by atoms with Gasteiger partial charge in [-0.1, -0.05) is 11.6 Å². The maximum Gasteiger partial charge on any atom is 0.254 e. The molecule has 0 saturated carbocycles. The molecule has 1 aliphatic heterocycles. The minimum absolute atomic E-state index is 0.119. The molecule has 1 amide bonds. The van der Waals surface area contributed by atoms with Crippen molar-refractivity contribution in [1.29, 1.82) is 0 Å². The fourth-order valence-corrected chi connectivity index (χ4v) is 2.73. The Bertz CT molecular complexity index is 433. The van der Waals surface area contributed by atoms with Gasteiger partial charge in [0.2, 0.25) is 0 Å². The molecule has 1 fully saturated rings. The molecule has 0 radical (unpaired) electrons. The molecular formula is C13H17IN2O. The number of piperidine rings is 1. The Labute approximate surface area is 116 Å². The third kappa shape index (κ3) is 2.98. The number of rotatable bonds is 1. The van der Waals surface area contributed by atoms with Gasteiger partial charge in [0.25, 0.3) is 5.91 Å². The predicted octanol–water partition coefficient (Wildman–Crippen LogP) is 2.16. The molecule has 0 spiro atoms. The molecule has 1 heterocycles. The Kier molecular flexibility index (Phi) is 4.04. The van der Waals surface area contributed by atoms with Crippen LogP contribution >= 0.6 is 22.6 Å². The second-order valence-electron chi connectivity index (χ2n) is 4.64. The van der Waals surface area contributed by atoms with Gasteiger partial charge in [0.05, 0.1) is 5.56 Å². The average Bonchev–Trinajstić information content (AvgIpc) is 2.31. The topological polar surface area (TPSA) is 46.3 Å². The summed E-state index contributed by atoms with van der Waals surface area (Å²) in [7, 11) is 0. The first kappa shape index (κ1) is 12.8. The molecule has 2 rings (SSSR count). The molecule has 3 nitrogen and oxygen atoms in total. The number of benzene rings is 1. The number of halogens is 1. The first-order chi connectivity index (χ1) is 8.08. The number of hydrogen-bond donors (Lipinski definition) is 1. The van der Waals surface area contributed by atoms with Gasteiger partial charge in [0, 0.05) is 22.7 Å². The summed E-state index contributed by atoms with van der Waals surface area (Å²) >= 11 is 2.21. The van der Waals surface area contributed by atoms with Crippen LogP contribution in [0.5, 0.6) is 0 Å². The fraction of sp³-hybridized carbons (Fsp3) is 0.462. The van der Waals surface area contributed by atoms with Crippen LogP contribution in [0.25, 0.3) is 0 Å². The van der Waals surface area contributed by atoms with Crippen LogP contribution in [0.15, 0.2) is 18.2 Å². The van der Waals surface area contributed by atoms with Gasteiger partial charge in [-0.3, -0.25) is 4.79 Å². The number of nitrogens with two attached hydrogens (primary N) is 1. The summed E-state index contributed by atoms with van der Waals surface area (Å²) in [5, 5.41) is 0. The zero-order valence-electron chi connectivity index (χ0n) is 9.95. The van der Waals surface area contributed by atoms with Gasteiger partial charge < -0.3 is 10.6 Å². The van der Waals surface area contributed by atoms with E-state index in [-0.39, 0.29) is 11.9 Å². The molecule has 92 valence electrons. The molecule has 1 unspecified atom stereocenters. The number of hydrogen-bond acceptors (Lipinski definition) is 2. The number of carbonyl (C=O) groups is 1. The third-order valence-electron chi connectivity index (χ3n) is 3.10. The highest BCUT2D eigenvalue weighted by Gasteiger charge is 2.23. The second kappa shape index (κ2) is 5.35. The van der Waals surface area contributed by atoms with Crippen LogP contribution in [0, 0.1) is 10.5 Å². The lowest BCUT2D eigenvalue weighted by molar-refractivity contribution is 0.0707. The second-order valence-corrected chi connectivity index (χ2v) is 5.80. The summed E-state index contributed by atoms with van der Waals surface area (Å²) in [6.07, 6.45) is 2.03. The smallest absolute Gasteiger partial charge is 0.254 e. The highest BCUT2D eigenvalue weighted by Crippen LogP contribution is 2.18. The van der Waals surface area contributed by atoms with E-state index in [0.29, 0.717) is 6.54 Å². The monoisotopic (exact) mass is 344 g/mol. The van der Waals surface area contributed by atoms with E-state index < -0.39 is 0 Å². The number of aryl methyl sites for hydroxylation is 1. The van der Waals surface area contributed by atoms with Gasteiger partial charge >= 0.3 is 0 Å². The maximum absolute atomic E-state index is 12.4. The first-order valence-corrected chi connectivity index (χ1v) is 6.97. The van der Waals surface area contributed by atoms with Gasteiger partial charge in [0.15, 0.2) is 0 Å². The largest absolute Gasteiger partial charge is 0.337 e. The van der Waals surface area contributed by atoms with E-state index in [0.717, 1.165) is 34.1 Å². The highest BCUT2D eigenvalue weighted by molar-refractivity contribution is 14.1. The normalized spacial score (nSPS) is 20.4. The lowest BCUT2D eigenvalue weighted by Gasteiger charge is -2.31. The SMILES string of the molecule is Cc1ccc(I)c(C(=O)N2CCCC(N)C2)c1. The van der Waals surface area contributed by atoms with E-state index in [4.69, 9.17) is 5.73 Å². The Morgan fingerprint density at radius 3 is 3.00 bits per heavy atom. The van der Waals surface area contributed by atoms with Crippen LogP contribution < -0.4 is 5.73 Å². The summed E-state index contributed by atoms with van der Waals surface area (Å²) in [6.45, 7) is 3.52. The molecule has 1 aromatic rings. The van der Waals surface area contributed by atoms with Crippen molar-refractivity contribution in [3.63, 3.8) is 0 Å². The molecule has 1 aromatic carbocycles. The van der Waals surface area contributed by atoms with Gasteiger partial charge in [-0.25, -0.2) is 0 Å². The van der Waals surface area contributed by atoms with Crippen molar-refractivity contribution in [3.8, 4) is 0 Å². The van der Waals surface area contributed by atoms with E-state index in [1.165, 1.54) is 0 Å². The quantitative estimate of drug-likeness (QED) is 0.794. The van der Waals surface area contributed by atoms with Gasteiger partial charge in [0.1, 0.15) is 0 Å². The molecule has 0 bridgehead atoms. The number of likely N-dealkylation sites (tertiary alicyclic amines) is 1. The molecule has 2 N–H and O–H groups in total. The average molecular weight is 344 g/mol. The van der Waals surface area contributed by atoms with Gasteiger partial charge in [-0.15, -0.1) is 0 Å². The van der Waals surface area contributed by atoms with Crippen LogP contribution in [0.3, 0.4) is 0 Å². The summed E-state index contributed by atoms with van der Waals surface area (Å²) < 4.78 is 1.01. The van der Waals surface area contributed by atoms with Crippen LogP contribution in [-0.2, 0) is 0 Å². The van der Waals surface area contributed by atoms with Crippen LogP contribution in [-0.4, -0.2) is 29.9 Å². The van der Waals surface area contributed by atoms with Crippen LogP contribution in [0.4, 0.5) is 0 Å². The molecule has 17 heavy (non-hydrogen) atoms. The van der Waals surface area contributed by atoms with E-state index in [1.54, 1.807) is 0 Å². The number of amides is 1. The first-order valence-electron chi connectivity index (χ1n) is 5.89. The van der Waals surface area contributed by atoms with Crippen molar-refractivity contribution in [2.45, 2.75) is 25.8 Å². The van der Waals surface area contributed by atoms with Crippen molar-refractivity contribution in [1.82, 2.24) is 4.90 Å². The van der Waals surface area contributed by atoms with E-state index in [2.05, 4.69) is 22.6 Å². The van der Waals surface area contributed by atoms with Crippen molar-refractivity contribution in [2.24, 2.45) is 5.73 Å². The Hall–Kier alpha value is -0.620. The number of carbonyl (C=O) groups excluding carboxylic acids is 1. The molecule has 4 heteroatoms. The van der Waals surface area contributed by atoms with Gasteiger partial charge in [-0.2, -0.15) is 0 Å². The Morgan fingerprint density at radius 2 is 2.29 bits per heavy atom. The summed E-state index contributed by atoms with van der Waals surface area (Å²) in [5.74, 6) is 0.119. The third-order valence-corrected chi connectivity index (χ3v) is 4.04. The standard InChI is InChI=1S/C13H17IN2O/c1-9-4-5-12(14)11(7-9)13(17)16-6-2-3-10(15)8-16/h4-5,7,10H,2-3,6,8,15H2,1H3. The minimum Gasteiger partial charge on any atom is -0.337 e. The predicted molar refractivity (Wildman–Crippen MR) is 77.0 cm³/mol. The zero-order valence-corrected chi connectivity index (χ0v) is 12.1. The van der Waals surface area contributed by atoms with E-state index in [1.807, 2.05) is 30.0 Å². The van der Waals surface area contributed by atoms with Crippen molar-refractivity contribution in [3.05, 3.63) is 32.9 Å². The number of nitrogens with zero attached hydrogens (tertiary/aromatic N) is 1. The lowest BCUT2D eigenvalue weighted by Crippen LogP contribution is -2.45. The summed E-state index contributed by atoms with van der Waals surface area (Å²) in [4.78, 5) is 14.3. The minimum atomic E-state index is 0.119. The van der Waals surface area contributed by atoms with Crippen molar-refractivity contribution >= 4 is 28.5 Å². The molecule has 1 atom stereocenters. The molecular weight excluding hydrogens is 327 g/mol. The zero-order chi connectivity index (χ0) is 12.4. The van der Waals surface area contributed by atoms with Crippen LogP contribution in [0.1, 0.15) is 28.8 Å². The summed E-state index contributed by atoms with van der Waals surface area (Å²) in [5.41, 5.74) is 7.84. The maximum atomic E-state index is 12.4. The Morgan fingerprint density at radius 1 is 1.53 bits per heavy atom. The molecule has 1 saturated heterocycles. The van der Waals surface area contributed by atoms with E-state index in [9.17, 15) is 4.79 Å². The molecule has 0 aliphatic carbocycles. The van der Waals surface area contributed by atoms with Crippen molar-refractivity contribution in [2.75, 3.05) is 13.1 Å². The fourth-order valence-electron chi connectivity index (χ4n) is 2.17. The Balaban J connectivity index is 2.21. The lowest BCUT2D eigenvalue weighted by atomic mass is 10.0. The molecule has 1 aliphatic rings. The van der Waals surface area contributed by atoms with Gasteiger partial charge in [-0.05, 0) is 54.5 Å².